The lowest BCUT2D eigenvalue weighted by Gasteiger charge is -2.28. The minimum atomic E-state index is -0.411. The molecule has 0 bridgehead atoms. The topological polar surface area (TPSA) is 76.4 Å². The summed E-state index contributed by atoms with van der Waals surface area (Å²) in [5.41, 5.74) is 6.23. The number of hydrogen-bond acceptors (Lipinski definition) is 4. The van der Waals surface area contributed by atoms with Crippen molar-refractivity contribution in [2.45, 2.75) is 89.5 Å². The van der Waals surface area contributed by atoms with Crippen LogP contribution in [0.4, 0.5) is 0 Å². The van der Waals surface area contributed by atoms with Crippen molar-refractivity contribution in [3.63, 3.8) is 0 Å². The molecular formula is C40H42ClNO4. The second kappa shape index (κ2) is 14.6. The van der Waals surface area contributed by atoms with Gasteiger partial charge in [-0.1, -0.05) is 84.1 Å². The molecule has 2 aliphatic carbocycles. The molecule has 2 saturated carbocycles. The number of hydrogen-bond donors (Lipinski definition) is 1. The first-order chi connectivity index (χ1) is 22.3. The van der Waals surface area contributed by atoms with Gasteiger partial charge < -0.3 is 9.73 Å². The van der Waals surface area contributed by atoms with Gasteiger partial charge in [0.25, 0.3) is 5.91 Å². The highest BCUT2D eigenvalue weighted by Crippen LogP contribution is 2.38. The molecule has 2 unspecified atom stereocenters. The fraction of sp³-hybridized carbons (Fsp3) is 0.375. The zero-order valence-electron chi connectivity index (χ0n) is 26.5. The second-order valence-electron chi connectivity index (χ2n) is 13.1. The molecule has 2 fully saturated rings. The van der Waals surface area contributed by atoms with E-state index in [0.717, 1.165) is 75.3 Å². The standard InChI is InChI=1S/C40H42ClNO4/c1-26-11-20-38-35(21-26)37(44)25-39(46-38)40(45)42-33(23-28-14-18-32(41)19-15-28)22-27-12-16-29(17-13-27)34-9-6-5-7-30(34)24-31-8-3-2-4-10-36(31)43/h5-7,9,11,14-15,18-22,25,29,31,33H,2-4,8,10,12-13,16-17,23-24H2,1H3,(H,42,45). The van der Waals surface area contributed by atoms with Crippen LogP contribution >= 0.6 is 11.6 Å². The molecule has 0 spiro atoms. The van der Waals surface area contributed by atoms with E-state index in [1.54, 1.807) is 12.1 Å². The smallest absolute Gasteiger partial charge is 0.287 e. The maximum absolute atomic E-state index is 13.5. The molecule has 0 radical (unpaired) electrons. The van der Waals surface area contributed by atoms with Gasteiger partial charge in [-0.2, -0.15) is 0 Å². The van der Waals surface area contributed by atoms with Gasteiger partial charge in [-0.3, -0.25) is 14.4 Å². The Hall–Kier alpha value is -3.96. The SMILES string of the molecule is Cc1ccc2oc(C(=O)NC(C=C3CCC(c4ccccc4CC4CCCCCC4=O)CC3)Cc3ccc(Cl)cc3)cc(=O)c2c1. The fourth-order valence-corrected chi connectivity index (χ4v) is 7.36. The number of ketones is 1. The zero-order chi connectivity index (χ0) is 32.0. The Morgan fingerprint density at radius 3 is 2.52 bits per heavy atom. The predicted octanol–water partition coefficient (Wildman–Crippen LogP) is 9.07. The molecule has 6 rings (SSSR count). The summed E-state index contributed by atoms with van der Waals surface area (Å²) in [5, 5.41) is 4.27. The molecule has 238 valence electrons. The number of allylic oxidation sites excluding steroid dienone is 1. The lowest BCUT2D eigenvalue weighted by molar-refractivity contribution is -0.122. The van der Waals surface area contributed by atoms with Crippen LogP contribution < -0.4 is 10.7 Å². The molecule has 6 heteroatoms. The number of amides is 1. The average molecular weight is 636 g/mol. The minimum absolute atomic E-state index is 0.00771. The molecule has 1 heterocycles. The molecule has 1 N–H and O–H groups in total. The molecule has 0 saturated heterocycles. The van der Waals surface area contributed by atoms with Crippen LogP contribution in [0.25, 0.3) is 11.0 Å². The molecule has 4 aromatic rings. The summed E-state index contributed by atoms with van der Waals surface area (Å²) >= 11 is 6.14. The second-order valence-corrected chi connectivity index (χ2v) is 13.6. The first kappa shape index (κ1) is 32.0. The summed E-state index contributed by atoms with van der Waals surface area (Å²) in [6.07, 6.45) is 12.7. The van der Waals surface area contributed by atoms with E-state index >= 15 is 0 Å². The fourth-order valence-electron chi connectivity index (χ4n) is 7.23. The Bertz CT molecular complexity index is 1790. The highest BCUT2D eigenvalue weighted by Gasteiger charge is 2.26. The molecule has 1 aromatic heterocycles. The number of fused-ring (bicyclic) bond motifs is 1. The zero-order valence-corrected chi connectivity index (χ0v) is 27.3. The van der Waals surface area contributed by atoms with Crippen LogP contribution in [0.3, 0.4) is 0 Å². The normalized spacial score (nSPS) is 19.4. The molecule has 2 atom stereocenters. The summed E-state index contributed by atoms with van der Waals surface area (Å²) < 4.78 is 5.89. The van der Waals surface area contributed by atoms with Crippen molar-refractivity contribution < 1.29 is 14.0 Å². The van der Waals surface area contributed by atoms with Crippen molar-refractivity contribution in [3.8, 4) is 0 Å². The first-order valence-corrected chi connectivity index (χ1v) is 17.1. The average Bonchev–Trinajstić information content (AvgIpc) is 3.26. The summed E-state index contributed by atoms with van der Waals surface area (Å²) in [6.45, 7) is 1.92. The minimum Gasteiger partial charge on any atom is -0.451 e. The van der Waals surface area contributed by atoms with Crippen LogP contribution in [0, 0.1) is 12.8 Å². The van der Waals surface area contributed by atoms with Crippen LogP contribution in [0.1, 0.15) is 96.5 Å². The predicted molar refractivity (Wildman–Crippen MR) is 185 cm³/mol. The number of aryl methyl sites for hydroxylation is 1. The Kier molecular flexibility index (Phi) is 10.2. The van der Waals surface area contributed by atoms with Gasteiger partial charge in [-0.05, 0) is 105 Å². The van der Waals surface area contributed by atoms with Gasteiger partial charge >= 0.3 is 0 Å². The molecule has 2 aliphatic rings. The van der Waals surface area contributed by atoms with Crippen molar-refractivity contribution in [1.82, 2.24) is 5.32 Å². The van der Waals surface area contributed by atoms with Crippen molar-refractivity contribution in [2.75, 3.05) is 0 Å². The van der Waals surface area contributed by atoms with E-state index in [1.165, 1.54) is 22.8 Å². The van der Waals surface area contributed by atoms with Crippen molar-refractivity contribution in [3.05, 3.63) is 128 Å². The monoisotopic (exact) mass is 635 g/mol. The quantitative estimate of drug-likeness (QED) is 0.155. The molecular weight excluding hydrogens is 594 g/mol. The molecule has 3 aromatic carbocycles. The summed E-state index contributed by atoms with van der Waals surface area (Å²) in [4.78, 5) is 39.1. The van der Waals surface area contributed by atoms with Crippen molar-refractivity contribution in [2.24, 2.45) is 5.92 Å². The van der Waals surface area contributed by atoms with Gasteiger partial charge in [-0.15, -0.1) is 0 Å². The first-order valence-electron chi connectivity index (χ1n) is 16.7. The Morgan fingerprint density at radius 1 is 0.935 bits per heavy atom. The van der Waals surface area contributed by atoms with Crippen LogP contribution in [-0.4, -0.2) is 17.7 Å². The largest absolute Gasteiger partial charge is 0.451 e. The van der Waals surface area contributed by atoms with E-state index in [-0.39, 0.29) is 23.1 Å². The number of Topliss-reactive ketones (excluding diaryl/α,β-unsaturated/α-hetero) is 1. The van der Waals surface area contributed by atoms with E-state index in [2.05, 4.69) is 35.7 Å². The lowest BCUT2D eigenvalue weighted by Crippen LogP contribution is -2.36. The van der Waals surface area contributed by atoms with Crippen molar-refractivity contribution >= 4 is 34.3 Å². The van der Waals surface area contributed by atoms with E-state index in [9.17, 15) is 14.4 Å². The van der Waals surface area contributed by atoms with Crippen LogP contribution in [0.15, 0.2) is 93.7 Å². The highest BCUT2D eigenvalue weighted by atomic mass is 35.5. The van der Waals surface area contributed by atoms with Gasteiger partial charge in [0.1, 0.15) is 11.4 Å². The van der Waals surface area contributed by atoms with Crippen molar-refractivity contribution in [1.29, 1.82) is 0 Å². The molecule has 5 nitrogen and oxygen atoms in total. The summed E-state index contributed by atoms with van der Waals surface area (Å²) in [7, 11) is 0. The molecule has 46 heavy (non-hydrogen) atoms. The van der Waals surface area contributed by atoms with Gasteiger partial charge in [0.05, 0.1) is 11.4 Å². The van der Waals surface area contributed by atoms with Crippen LogP contribution in [0.5, 0.6) is 0 Å². The number of halogens is 1. The molecule has 1 amide bonds. The van der Waals surface area contributed by atoms with E-state index in [1.807, 2.05) is 37.3 Å². The third-order valence-corrected chi connectivity index (χ3v) is 10.0. The van der Waals surface area contributed by atoms with Crippen LogP contribution in [0.2, 0.25) is 5.02 Å². The number of rotatable bonds is 8. The van der Waals surface area contributed by atoms with Crippen LogP contribution in [-0.2, 0) is 17.6 Å². The maximum Gasteiger partial charge on any atom is 0.287 e. The molecule has 0 aliphatic heterocycles. The Morgan fingerprint density at radius 2 is 1.72 bits per heavy atom. The van der Waals surface area contributed by atoms with E-state index in [4.69, 9.17) is 16.0 Å². The van der Waals surface area contributed by atoms with Gasteiger partial charge in [-0.25, -0.2) is 0 Å². The third kappa shape index (κ3) is 7.87. The van der Waals surface area contributed by atoms with Gasteiger partial charge in [0, 0.05) is 23.4 Å². The summed E-state index contributed by atoms with van der Waals surface area (Å²) in [6, 6.07) is 22.8. The number of carbonyl (C=O) groups excluding carboxylic acids is 2. The van der Waals surface area contributed by atoms with E-state index < -0.39 is 5.91 Å². The third-order valence-electron chi connectivity index (χ3n) is 9.75. The summed E-state index contributed by atoms with van der Waals surface area (Å²) in [5.74, 6) is 0.637. The highest BCUT2D eigenvalue weighted by molar-refractivity contribution is 6.30. The number of nitrogens with one attached hydrogen (secondary N) is 1. The van der Waals surface area contributed by atoms with E-state index in [0.29, 0.717) is 34.1 Å². The lowest BCUT2D eigenvalue weighted by atomic mass is 9.77. The number of benzene rings is 3. The maximum atomic E-state index is 13.5. The van der Waals surface area contributed by atoms with Gasteiger partial charge in [0.2, 0.25) is 0 Å². The Labute approximate surface area is 276 Å². The van der Waals surface area contributed by atoms with Gasteiger partial charge in [0.15, 0.2) is 11.2 Å². The number of carbonyl (C=O) groups is 2. The Balaban J connectivity index is 1.18.